The Kier molecular flexibility index (Phi) is 1.84. The van der Waals surface area contributed by atoms with Gasteiger partial charge < -0.3 is 4.74 Å². The summed E-state index contributed by atoms with van der Waals surface area (Å²) in [5.74, 6) is 0. The summed E-state index contributed by atoms with van der Waals surface area (Å²) >= 11 is 10.2. The second kappa shape index (κ2) is 2.37. The first kappa shape index (κ1) is 7.77. The highest BCUT2D eigenvalue weighted by molar-refractivity contribution is 7.89. The average molecular weight is 203 g/mol. The normalized spacial score (nSPS) is 22.6. The van der Waals surface area contributed by atoms with E-state index in [0.717, 1.165) is 0 Å². The average Bonchev–Trinajstić information content (AvgIpc) is 1.54. The Bertz CT molecular complexity index is 280. The molecule has 0 aromatic heterocycles. The van der Waals surface area contributed by atoms with Crippen LogP contribution in [0.25, 0.3) is 0 Å². The van der Waals surface area contributed by atoms with Crippen LogP contribution in [0.2, 0.25) is 0 Å². The number of nitrogens with zero attached hydrogens (tertiary/aromatic N) is 2. The summed E-state index contributed by atoms with van der Waals surface area (Å²) in [7, 11) is -3.89. The third kappa shape index (κ3) is 1.83. The third-order valence-electron chi connectivity index (χ3n) is 0.543. The van der Waals surface area contributed by atoms with Gasteiger partial charge in [0, 0.05) is 0 Å². The van der Waals surface area contributed by atoms with E-state index in [4.69, 9.17) is 23.2 Å². The lowest BCUT2D eigenvalue weighted by Crippen LogP contribution is -2.11. The SMILES string of the molecule is O=S1(=O)N=C(Cl)OC(Cl)=N1. The molecule has 5 nitrogen and oxygen atoms in total. The minimum atomic E-state index is -3.89. The Morgan fingerprint density at radius 3 is 1.90 bits per heavy atom. The maximum atomic E-state index is 10.4. The minimum Gasteiger partial charge on any atom is -0.399 e. The van der Waals surface area contributed by atoms with Crippen LogP contribution >= 0.6 is 23.2 Å². The lowest BCUT2D eigenvalue weighted by Gasteiger charge is -2.02. The van der Waals surface area contributed by atoms with Crippen LogP contribution in [0.5, 0.6) is 0 Å². The van der Waals surface area contributed by atoms with E-state index < -0.39 is 20.9 Å². The molecule has 0 bridgehead atoms. The molecule has 0 radical (unpaired) electrons. The second-order valence-corrected chi connectivity index (χ2v) is 3.15. The van der Waals surface area contributed by atoms with E-state index in [1.807, 2.05) is 0 Å². The summed E-state index contributed by atoms with van der Waals surface area (Å²) in [5, 5.41) is -1.11. The minimum absolute atomic E-state index is 0.556. The molecule has 0 aromatic rings. The molecule has 0 fully saturated rings. The van der Waals surface area contributed by atoms with E-state index in [1.165, 1.54) is 0 Å². The molecule has 10 heavy (non-hydrogen) atoms. The van der Waals surface area contributed by atoms with Crippen LogP contribution in [0.4, 0.5) is 0 Å². The van der Waals surface area contributed by atoms with E-state index in [9.17, 15) is 8.42 Å². The van der Waals surface area contributed by atoms with E-state index >= 15 is 0 Å². The quantitative estimate of drug-likeness (QED) is 0.573. The predicted octanol–water partition coefficient (Wildman–Crippen LogP) is 0.451. The van der Waals surface area contributed by atoms with Gasteiger partial charge in [0.2, 0.25) is 0 Å². The van der Waals surface area contributed by atoms with Crippen molar-refractivity contribution in [1.29, 1.82) is 0 Å². The highest BCUT2D eigenvalue weighted by Gasteiger charge is 2.17. The van der Waals surface area contributed by atoms with Crippen molar-refractivity contribution in [2.75, 3.05) is 0 Å². The smallest absolute Gasteiger partial charge is 0.371 e. The van der Waals surface area contributed by atoms with Crippen LogP contribution in [0.1, 0.15) is 0 Å². The number of rotatable bonds is 0. The molecular formula is C2Cl2N2O3S. The van der Waals surface area contributed by atoms with Gasteiger partial charge in [0.1, 0.15) is 0 Å². The van der Waals surface area contributed by atoms with Crippen molar-refractivity contribution in [1.82, 2.24) is 0 Å². The van der Waals surface area contributed by atoms with Crippen LogP contribution in [-0.4, -0.2) is 19.1 Å². The van der Waals surface area contributed by atoms with Gasteiger partial charge in [-0.15, -0.1) is 0 Å². The third-order valence-corrected chi connectivity index (χ3v) is 1.86. The lowest BCUT2D eigenvalue weighted by atomic mass is 11.3. The molecular weight excluding hydrogens is 203 g/mol. The molecule has 1 aliphatic rings. The number of halogens is 2. The Labute approximate surface area is 66.5 Å². The first-order valence-electron chi connectivity index (χ1n) is 1.93. The van der Waals surface area contributed by atoms with Crippen LogP contribution in [0.3, 0.4) is 0 Å². The molecule has 0 aromatic carbocycles. The van der Waals surface area contributed by atoms with E-state index in [1.54, 1.807) is 0 Å². The Hall–Kier alpha value is -0.330. The second-order valence-electron chi connectivity index (χ2n) is 1.24. The highest BCUT2D eigenvalue weighted by Crippen LogP contribution is 2.09. The van der Waals surface area contributed by atoms with Crippen molar-refractivity contribution in [3.05, 3.63) is 0 Å². The number of hydrogen-bond acceptors (Lipinski definition) is 3. The molecule has 0 spiro atoms. The summed E-state index contributed by atoms with van der Waals surface area (Å²) in [5.41, 5.74) is 0. The van der Waals surface area contributed by atoms with Gasteiger partial charge in [-0.1, -0.05) is 8.80 Å². The molecule has 0 saturated heterocycles. The number of hydrogen-bond donors (Lipinski definition) is 0. The predicted molar refractivity (Wildman–Crippen MR) is 36.6 cm³/mol. The zero-order chi connectivity index (χ0) is 7.78. The Balaban J connectivity index is 3.12. The van der Waals surface area contributed by atoms with Gasteiger partial charge in [-0.2, -0.15) is 8.42 Å². The summed E-state index contributed by atoms with van der Waals surface area (Å²) in [6.07, 6.45) is 0. The van der Waals surface area contributed by atoms with E-state index in [2.05, 4.69) is 13.5 Å². The summed E-state index contributed by atoms with van der Waals surface area (Å²) < 4.78 is 30.8. The molecule has 0 amide bonds. The van der Waals surface area contributed by atoms with Crippen molar-refractivity contribution < 1.29 is 13.2 Å². The van der Waals surface area contributed by atoms with Crippen LogP contribution < -0.4 is 0 Å². The molecule has 8 heteroatoms. The van der Waals surface area contributed by atoms with Gasteiger partial charge in [-0.05, 0) is 23.2 Å². The molecule has 1 heterocycles. The molecule has 1 rings (SSSR count). The van der Waals surface area contributed by atoms with Crippen LogP contribution in [0.15, 0.2) is 8.80 Å². The fourth-order valence-electron chi connectivity index (χ4n) is 0.309. The molecule has 0 atom stereocenters. The van der Waals surface area contributed by atoms with Crippen molar-refractivity contribution in [3.63, 3.8) is 0 Å². The summed E-state index contributed by atoms with van der Waals surface area (Å²) in [6.45, 7) is 0. The van der Waals surface area contributed by atoms with Gasteiger partial charge in [0.15, 0.2) is 0 Å². The Morgan fingerprint density at radius 1 is 1.20 bits per heavy atom. The van der Waals surface area contributed by atoms with Gasteiger partial charge in [0.25, 0.3) is 0 Å². The first-order valence-corrected chi connectivity index (χ1v) is 4.08. The Morgan fingerprint density at radius 2 is 1.60 bits per heavy atom. The van der Waals surface area contributed by atoms with Gasteiger partial charge in [-0.3, -0.25) is 0 Å². The monoisotopic (exact) mass is 202 g/mol. The molecule has 1 aliphatic heterocycles. The van der Waals surface area contributed by atoms with Crippen LogP contribution in [-0.2, 0) is 14.9 Å². The van der Waals surface area contributed by atoms with Crippen molar-refractivity contribution in [3.8, 4) is 0 Å². The van der Waals surface area contributed by atoms with Crippen molar-refractivity contribution in [2.24, 2.45) is 8.80 Å². The maximum Gasteiger partial charge on any atom is 0.371 e. The topological polar surface area (TPSA) is 68.1 Å². The van der Waals surface area contributed by atoms with Gasteiger partial charge >= 0.3 is 20.9 Å². The van der Waals surface area contributed by atoms with Gasteiger partial charge in [-0.25, -0.2) is 0 Å². The summed E-state index contributed by atoms with van der Waals surface area (Å²) in [6, 6.07) is 0. The van der Waals surface area contributed by atoms with E-state index in [0.29, 0.717) is 0 Å². The van der Waals surface area contributed by atoms with Gasteiger partial charge in [0.05, 0.1) is 0 Å². The first-order chi connectivity index (χ1) is 4.49. The summed E-state index contributed by atoms with van der Waals surface area (Å²) in [4.78, 5) is 0. The standard InChI is InChI=1S/C2Cl2N2O3S/c3-1-5-10(7,8)6-2(4)9-1. The fourth-order valence-corrected chi connectivity index (χ4v) is 1.50. The van der Waals surface area contributed by atoms with Crippen molar-refractivity contribution >= 4 is 44.1 Å². The molecule has 0 aliphatic carbocycles. The van der Waals surface area contributed by atoms with E-state index in [-0.39, 0.29) is 0 Å². The maximum absolute atomic E-state index is 10.4. The molecule has 56 valence electrons. The fraction of sp³-hybridized carbons (Fsp3) is 0. The zero-order valence-electron chi connectivity index (χ0n) is 4.28. The molecule has 0 saturated carbocycles. The lowest BCUT2D eigenvalue weighted by molar-refractivity contribution is 0.556. The zero-order valence-corrected chi connectivity index (χ0v) is 6.61. The highest BCUT2D eigenvalue weighted by atomic mass is 35.5. The van der Waals surface area contributed by atoms with Crippen molar-refractivity contribution in [2.45, 2.75) is 0 Å². The largest absolute Gasteiger partial charge is 0.399 e. The molecule has 0 N–H and O–H groups in total. The molecule has 0 unspecified atom stereocenters. The van der Waals surface area contributed by atoms with Crippen LogP contribution in [0, 0.1) is 0 Å². The number of ether oxygens (including phenoxy) is 1.